The summed E-state index contributed by atoms with van der Waals surface area (Å²) in [7, 11) is 0. The van der Waals surface area contributed by atoms with Crippen molar-refractivity contribution in [3.05, 3.63) is 75.9 Å². The molecule has 0 aliphatic rings. The first-order valence-corrected chi connectivity index (χ1v) is 11.5. The SMILES string of the molecule is C#CC(C)N(/N=C\CNC(=O)NCc1cccc(Cl)c1)c1ccnc(Nc2c(C)cccc2Cl)n1. The molecule has 3 rings (SSSR count). The topological polar surface area (TPSA) is 94.5 Å². The number of urea groups is 1. The number of carbonyl (C=O) groups is 1. The van der Waals surface area contributed by atoms with Crippen molar-refractivity contribution in [1.29, 1.82) is 0 Å². The Morgan fingerprint density at radius 3 is 2.77 bits per heavy atom. The average Bonchev–Trinajstić information content (AvgIpc) is 2.85. The molecular formula is C25H25Cl2N7O. The summed E-state index contributed by atoms with van der Waals surface area (Å²) in [6.45, 7) is 4.29. The normalized spacial score (nSPS) is 11.5. The van der Waals surface area contributed by atoms with Gasteiger partial charge in [0.25, 0.3) is 0 Å². The maximum Gasteiger partial charge on any atom is 0.315 e. The van der Waals surface area contributed by atoms with Crippen molar-refractivity contribution < 1.29 is 4.79 Å². The van der Waals surface area contributed by atoms with Crippen LogP contribution in [0.4, 0.5) is 22.2 Å². The molecule has 0 aliphatic heterocycles. The predicted molar refractivity (Wildman–Crippen MR) is 142 cm³/mol. The number of hydrogen-bond acceptors (Lipinski definition) is 6. The van der Waals surface area contributed by atoms with Gasteiger partial charge in [0.1, 0.15) is 6.04 Å². The molecule has 2 amide bonds. The Morgan fingerprint density at radius 1 is 1.23 bits per heavy atom. The van der Waals surface area contributed by atoms with Crippen molar-refractivity contribution >= 4 is 52.9 Å². The monoisotopic (exact) mass is 509 g/mol. The summed E-state index contributed by atoms with van der Waals surface area (Å²) in [6.07, 6.45) is 8.78. The smallest absolute Gasteiger partial charge is 0.315 e. The molecule has 1 aromatic heterocycles. The van der Waals surface area contributed by atoms with Gasteiger partial charge in [0.05, 0.1) is 17.3 Å². The zero-order chi connectivity index (χ0) is 25.2. The molecule has 8 nitrogen and oxygen atoms in total. The van der Waals surface area contributed by atoms with Gasteiger partial charge in [-0.25, -0.2) is 14.8 Å². The van der Waals surface area contributed by atoms with E-state index >= 15 is 0 Å². The minimum absolute atomic E-state index is 0.185. The first-order valence-electron chi connectivity index (χ1n) is 10.8. The van der Waals surface area contributed by atoms with Crippen LogP contribution in [0.15, 0.2) is 59.8 Å². The highest BCUT2D eigenvalue weighted by atomic mass is 35.5. The highest BCUT2D eigenvalue weighted by molar-refractivity contribution is 6.33. The molecule has 180 valence electrons. The lowest BCUT2D eigenvalue weighted by Crippen LogP contribution is -2.36. The lowest BCUT2D eigenvalue weighted by atomic mass is 10.2. The molecule has 0 bridgehead atoms. The van der Waals surface area contributed by atoms with Crippen molar-refractivity contribution in [2.45, 2.75) is 26.4 Å². The number of nitrogens with zero attached hydrogens (tertiary/aromatic N) is 4. The molecule has 0 fully saturated rings. The van der Waals surface area contributed by atoms with Crippen LogP contribution in [-0.2, 0) is 6.54 Å². The fourth-order valence-electron chi connectivity index (χ4n) is 3.03. The summed E-state index contributed by atoms with van der Waals surface area (Å²) in [5.74, 6) is 3.48. The Balaban J connectivity index is 1.62. The molecule has 10 heteroatoms. The molecule has 0 radical (unpaired) electrons. The van der Waals surface area contributed by atoms with Gasteiger partial charge in [-0.05, 0) is 43.2 Å². The van der Waals surface area contributed by atoms with Crippen LogP contribution in [0.2, 0.25) is 10.0 Å². The number of aryl methyl sites for hydroxylation is 1. The summed E-state index contributed by atoms with van der Waals surface area (Å²) in [4.78, 5) is 20.9. The number of halogens is 2. The van der Waals surface area contributed by atoms with Crippen LogP contribution in [0.5, 0.6) is 0 Å². The number of para-hydroxylation sites is 1. The van der Waals surface area contributed by atoms with Crippen LogP contribution in [0.25, 0.3) is 0 Å². The molecule has 0 spiro atoms. The molecule has 35 heavy (non-hydrogen) atoms. The number of nitrogens with one attached hydrogen (secondary N) is 3. The van der Waals surface area contributed by atoms with Gasteiger partial charge in [-0.15, -0.1) is 6.42 Å². The Hall–Kier alpha value is -3.80. The van der Waals surface area contributed by atoms with E-state index in [9.17, 15) is 4.79 Å². The maximum absolute atomic E-state index is 12.1. The third-order valence-corrected chi connectivity index (χ3v) is 5.39. The van der Waals surface area contributed by atoms with Gasteiger partial charge in [-0.1, -0.05) is 53.4 Å². The predicted octanol–water partition coefficient (Wildman–Crippen LogP) is 5.15. The van der Waals surface area contributed by atoms with E-state index < -0.39 is 6.04 Å². The highest BCUT2D eigenvalue weighted by Crippen LogP contribution is 2.28. The molecule has 2 aromatic carbocycles. The Morgan fingerprint density at radius 2 is 2.03 bits per heavy atom. The molecule has 1 heterocycles. The highest BCUT2D eigenvalue weighted by Gasteiger charge is 2.14. The zero-order valence-electron chi connectivity index (χ0n) is 19.3. The van der Waals surface area contributed by atoms with E-state index in [0.717, 1.165) is 16.8 Å². The Kier molecular flexibility index (Phi) is 9.30. The molecule has 3 N–H and O–H groups in total. The van der Waals surface area contributed by atoms with Gasteiger partial charge >= 0.3 is 6.03 Å². The van der Waals surface area contributed by atoms with Crippen LogP contribution in [0.3, 0.4) is 0 Å². The molecule has 1 atom stereocenters. The summed E-state index contributed by atoms with van der Waals surface area (Å²) in [5.41, 5.74) is 2.58. The van der Waals surface area contributed by atoms with E-state index in [1.165, 1.54) is 0 Å². The van der Waals surface area contributed by atoms with Crippen molar-refractivity contribution in [3.63, 3.8) is 0 Å². The summed E-state index contributed by atoms with van der Waals surface area (Å²) < 4.78 is 0. The second-order valence-corrected chi connectivity index (χ2v) is 8.32. The Labute approximate surface area is 214 Å². The number of anilines is 3. The van der Waals surface area contributed by atoms with Crippen LogP contribution < -0.4 is 21.0 Å². The van der Waals surface area contributed by atoms with E-state index in [0.29, 0.717) is 28.4 Å². The molecule has 0 aliphatic carbocycles. The van der Waals surface area contributed by atoms with E-state index in [1.807, 2.05) is 38.1 Å². The van der Waals surface area contributed by atoms with Crippen molar-refractivity contribution in [2.75, 3.05) is 16.9 Å². The van der Waals surface area contributed by atoms with Crippen molar-refractivity contribution in [3.8, 4) is 12.3 Å². The van der Waals surface area contributed by atoms with Gasteiger partial charge in [-0.2, -0.15) is 10.1 Å². The quantitative estimate of drug-likeness (QED) is 0.210. The van der Waals surface area contributed by atoms with Gasteiger partial charge in [0.2, 0.25) is 5.95 Å². The first kappa shape index (κ1) is 25.8. The second-order valence-electron chi connectivity index (χ2n) is 7.47. The van der Waals surface area contributed by atoms with Gasteiger partial charge in [0.15, 0.2) is 5.82 Å². The third-order valence-electron chi connectivity index (χ3n) is 4.84. The number of amides is 2. The second kappa shape index (κ2) is 12.6. The number of benzene rings is 2. The first-order chi connectivity index (χ1) is 16.9. The van der Waals surface area contributed by atoms with Crippen molar-refractivity contribution in [2.24, 2.45) is 5.10 Å². The van der Waals surface area contributed by atoms with E-state index in [-0.39, 0.29) is 12.6 Å². The number of terminal acetylenes is 1. The van der Waals surface area contributed by atoms with Gasteiger partial charge in [-0.3, -0.25) is 0 Å². The Bertz CT molecular complexity index is 1220. The fraction of sp³-hybridized carbons (Fsp3) is 0.200. The third kappa shape index (κ3) is 7.60. The summed E-state index contributed by atoms with van der Waals surface area (Å²) in [5, 5.41) is 15.8. The van der Waals surface area contributed by atoms with E-state index in [2.05, 4.69) is 36.9 Å². The minimum Gasteiger partial charge on any atom is -0.334 e. The maximum atomic E-state index is 12.1. The number of hydrazone groups is 1. The zero-order valence-corrected chi connectivity index (χ0v) is 20.8. The van der Waals surface area contributed by atoms with E-state index in [4.69, 9.17) is 29.6 Å². The standard InChI is InChI=1S/C25H25Cl2N7O/c1-4-18(3)34(31-14-13-29-25(35)30-16-19-8-6-9-20(26)15-19)22-11-12-28-24(32-22)33-23-17(2)7-5-10-21(23)27/h1,5-12,14-15,18H,13,16H2,2-3H3,(H,28,32,33)(H2,29,30,35)/b31-14-. The molecule has 0 saturated carbocycles. The van der Waals surface area contributed by atoms with Crippen LogP contribution >= 0.6 is 23.2 Å². The fourth-order valence-corrected chi connectivity index (χ4v) is 3.51. The van der Waals surface area contributed by atoms with E-state index in [1.54, 1.807) is 41.7 Å². The lowest BCUT2D eigenvalue weighted by Gasteiger charge is -2.22. The van der Waals surface area contributed by atoms with Crippen molar-refractivity contribution in [1.82, 2.24) is 20.6 Å². The van der Waals surface area contributed by atoms with Crippen LogP contribution in [0.1, 0.15) is 18.1 Å². The number of carbonyl (C=O) groups excluding carboxylic acids is 1. The largest absolute Gasteiger partial charge is 0.334 e. The summed E-state index contributed by atoms with van der Waals surface area (Å²) in [6, 6.07) is 13.8. The van der Waals surface area contributed by atoms with Crippen LogP contribution in [-0.4, -0.2) is 34.8 Å². The number of aromatic nitrogens is 2. The van der Waals surface area contributed by atoms with Gasteiger partial charge in [0, 0.05) is 30.0 Å². The van der Waals surface area contributed by atoms with Crippen LogP contribution in [0, 0.1) is 19.3 Å². The lowest BCUT2D eigenvalue weighted by molar-refractivity contribution is 0.242. The van der Waals surface area contributed by atoms with Gasteiger partial charge < -0.3 is 16.0 Å². The summed E-state index contributed by atoms with van der Waals surface area (Å²) >= 11 is 12.3. The molecule has 0 saturated heterocycles. The molecule has 1 unspecified atom stereocenters. The number of hydrogen-bond donors (Lipinski definition) is 3. The average molecular weight is 510 g/mol. The number of rotatable bonds is 9. The molecular weight excluding hydrogens is 485 g/mol. The molecule has 3 aromatic rings. The minimum atomic E-state index is -0.396.